The van der Waals surface area contributed by atoms with Crippen molar-refractivity contribution in [1.29, 1.82) is 0 Å². The highest BCUT2D eigenvalue weighted by Crippen LogP contribution is 2.60. The topological polar surface area (TPSA) is 21.3 Å². The highest BCUT2D eigenvalue weighted by Gasteiger charge is 2.52. The second-order valence-corrected chi connectivity index (χ2v) is 6.16. The third kappa shape index (κ3) is 3.69. The summed E-state index contributed by atoms with van der Waals surface area (Å²) >= 11 is 0. The van der Waals surface area contributed by atoms with Crippen LogP contribution in [0.4, 0.5) is 0 Å². The molecule has 0 aromatic rings. The molecule has 2 atom stereocenters. The quantitative estimate of drug-likeness (QED) is 0.624. The van der Waals surface area contributed by atoms with Gasteiger partial charge in [-0.1, -0.05) is 20.3 Å². The lowest BCUT2D eigenvalue weighted by Crippen LogP contribution is -2.34. The lowest BCUT2D eigenvalue weighted by molar-refractivity contribution is 0.0873. The van der Waals surface area contributed by atoms with Gasteiger partial charge in [0.2, 0.25) is 0 Å². The van der Waals surface area contributed by atoms with Crippen LogP contribution in [-0.4, -0.2) is 26.3 Å². The van der Waals surface area contributed by atoms with E-state index in [0.29, 0.717) is 5.41 Å². The molecule has 0 radical (unpaired) electrons. The van der Waals surface area contributed by atoms with Crippen LogP contribution in [0.1, 0.15) is 52.4 Å². The lowest BCUT2D eigenvalue weighted by Gasteiger charge is -2.31. The molecule has 2 unspecified atom stereocenters. The summed E-state index contributed by atoms with van der Waals surface area (Å²) in [6.45, 7) is 8.69. The minimum absolute atomic E-state index is 0.579. The Labute approximate surface area is 107 Å². The lowest BCUT2D eigenvalue weighted by atomic mass is 9.80. The summed E-state index contributed by atoms with van der Waals surface area (Å²) in [6, 6.07) is 0. The van der Waals surface area contributed by atoms with E-state index in [0.717, 1.165) is 31.6 Å². The van der Waals surface area contributed by atoms with E-state index in [-0.39, 0.29) is 0 Å². The smallest absolute Gasteiger partial charge is 0.0471 e. The van der Waals surface area contributed by atoms with Crippen LogP contribution in [0.3, 0.4) is 0 Å². The molecule has 2 nitrogen and oxygen atoms in total. The van der Waals surface area contributed by atoms with Crippen molar-refractivity contribution in [2.24, 2.45) is 17.3 Å². The van der Waals surface area contributed by atoms with Crippen molar-refractivity contribution in [3.05, 3.63) is 0 Å². The van der Waals surface area contributed by atoms with Gasteiger partial charge in [0.25, 0.3) is 0 Å². The van der Waals surface area contributed by atoms with Gasteiger partial charge in [0.05, 0.1) is 0 Å². The van der Waals surface area contributed by atoms with Crippen LogP contribution >= 0.6 is 0 Å². The Bertz CT molecular complexity index is 219. The molecule has 0 heterocycles. The number of nitrogens with one attached hydrogen (secondary N) is 1. The van der Waals surface area contributed by atoms with Gasteiger partial charge in [-0.05, 0) is 55.9 Å². The Balaban J connectivity index is 1.68. The summed E-state index contributed by atoms with van der Waals surface area (Å²) in [5.41, 5.74) is 0.579. The molecule has 2 aliphatic rings. The second-order valence-electron chi connectivity index (χ2n) is 6.16. The van der Waals surface area contributed by atoms with Crippen LogP contribution in [0.2, 0.25) is 0 Å². The monoisotopic (exact) mass is 239 g/mol. The van der Waals surface area contributed by atoms with Gasteiger partial charge in [-0.15, -0.1) is 0 Å². The van der Waals surface area contributed by atoms with Gasteiger partial charge < -0.3 is 10.1 Å². The Morgan fingerprint density at radius 3 is 2.59 bits per heavy atom. The first-order valence-electron chi connectivity index (χ1n) is 7.58. The van der Waals surface area contributed by atoms with E-state index in [4.69, 9.17) is 4.74 Å². The number of rotatable bonds is 9. The first-order chi connectivity index (χ1) is 8.29. The van der Waals surface area contributed by atoms with E-state index < -0.39 is 0 Å². The van der Waals surface area contributed by atoms with Crippen molar-refractivity contribution in [3.63, 3.8) is 0 Å². The highest BCUT2D eigenvalue weighted by molar-refractivity contribution is 5.03. The zero-order chi connectivity index (χ0) is 12.1. The van der Waals surface area contributed by atoms with Gasteiger partial charge in [-0.2, -0.15) is 0 Å². The molecular formula is C15H29NO. The standard InChI is InChI=1S/C15H29NO/c1-3-5-7-17-8-6-15(12-16-4-2)10-13-9-14(13)11-15/h13-14,16H,3-12H2,1-2H3. The van der Waals surface area contributed by atoms with Crippen molar-refractivity contribution in [3.8, 4) is 0 Å². The average molecular weight is 239 g/mol. The number of unbranched alkanes of at least 4 members (excludes halogenated alkanes) is 1. The molecule has 2 aliphatic carbocycles. The van der Waals surface area contributed by atoms with Gasteiger partial charge >= 0.3 is 0 Å². The molecular weight excluding hydrogens is 210 g/mol. The maximum Gasteiger partial charge on any atom is 0.0471 e. The first kappa shape index (κ1) is 13.4. The number of hydrogen-bond donors (Lipinski definition) is 1. The van der Waals surface area contributed by atoms with Gasteiger partial charge in [-0.3, -0.25) is 0 Å². The summed E-state index contributed by atoms with van der Waals surface area (Å²) < 4.78 is 5.76. The molecule has 2 saturated carbocycles. The van der Waals surface area contributed by atoms with Crippen LogP contribution < -0.4 is 5.32 Å². The molecule has 0 aromatic heterocycles. The molecule has 0 spiro atoms. The first-order valence-corrected chi connectivity index (χ1v) is 7.58. The molecule has 1 N–H and O–H groups in total. The van der Waals surface area contributed by atoms with E-state index in [2.05, 4.69) is 19.2 Å². The fourth-order valence-electron chi connectivity index (χ4n) is 3.47. The van der Waals surface area contributed by atoms with E-state index in [9.17, 15) is 0 Å². The highest BCUT2D eigenvalue weighted by atomic mass is 16.5. The number of fused-ring (bicyclic) bond motifs is 1. The maximum absolute atomic E-state index is 5.76. The fraction of sp³-hybridized carbons (Fsp3) is 1.00. The van der Waals surface area contributed by atoms with Crippen LogP contribution in [0.25, 0.3) is 0 Å². The van der Waals surface area contributed by atoms with E-state index in [1.165, 1.54) is 45.1 Å². The van der Waals surface area contributed by atoms with Crippen LogP contribution in [0.15, 0.2) is 0 Å². The van der Waals surface area contributed by atoms with Crippen molar-refractivity contribution < 1.29 is 4.74 Å². The average Bonchev–Trinajstić information content (AvgIpc) is 2.95. The van der Waals surface area contributed by atoms with Gasteiger partial charge in [0.1, 0.15) is 0 Å². The molecule has 17 heavy (non-hydrogen) atoms. The fourth-order valence-corrected chi connectivity index (χ4v) is 3.47. The Morgan fingerprint density at radius 1 is 1.18 bits per heavy atom. The third-order valence-corrected chi connectivity index (χ3v) is 4.63. The molecule has 0 bridgehead atoms. The SMILES string of the molecule is CCCCOCCC1(CNCC)CC2CC2C1. The molecule has 0 aliphatic heterocycles. The van der Waals surface area contributed by atoms with E-state index >= 15 is 0 Å². The van der Waals surface area contributed by atoms with Crippen LogP contribution in [-0.2, 0) is 4.74 Å². The molecule has 0 aromatic carbocycles. The van der Waals surface area contributed by atoms with Gasteiger partial charge in [-0.25, -0.2) is 0 Å². The van der Waals surface area contributed by atoms with Gasteiger partial charge in [0.15, 0.2) is 0 Å². The Morgan fingerprint density at radius 2 is 1.94 bits per heavy atom. The van der Waals surface area contributed by atoms with E-state index in [1.807, 2.05) is 0 Å². The normalized spacial score (nSPS) is 34.9. The predicted molar refractivity (Wildman–Crippen MR) is 72.2 cm³/mol. The number of hydrogen-bond acceptors (Lipinski definition) is 2. The van der Waals surface area contributed by atoms with Gasteiger partial charge in [0, 0.05) is 19.8 Å². The predicted octanol–water partition coefficient (Wildman–Crippen LogP) is 3.22. The summed E-state index contributed by atoms with van der Waals surface area (Å²) in [7, 11) is 0. The van der Waals surface area contributed by atoms with Crippen molar-refractivity contribution in [2.75, 3.05) is 26.3 Å². The van der Waals surface area contributed by atoms with Crippen LogP contribution in [0.5, 0.6) is 0 Å². The largest absolute Gasteiger partial charge is 0.381 e. The third-order valence-electron chi connectivity index (χ3n) is 4.63. The molecule has 2 rings (SSSR count). The molecule has 2 heteroatoms. The molecule has 0 amide bonds. The van der Waals surface area contributed by atoms with Crippen LogP contribution in [0, 0.1) is 17.3 Å². The Hall–Kier alpha value is -0.0800. The van der Waals surface area contributed by atoms with Crippen molar-refractivity contribution in [2.45, 2.75) is 52.4 Å². The molecule has 2 fully saturated rings. The summed E-state index contributed by atoms with van der Waals surface area (Å²) in [5, 5.41) is 3.57. The number of ether oxygens (including phenoxy) is 1. The molecule has 100 valence electrons. The molecule has 0 saturated heterocycles. The second kappa shape index (κ2) is 6.19. The summed E-state index contributed by atoms with van der Waals surface area (Å²) in [6.07, 6.45) is 8.17. The van der Waals surface area contributed by atoms with Crippen molar-refractivity contribution in [1.82, 2.24) is 5.32 Å². The van der Waals surface area contributed by atoms with Crippen molar-refractivity contribution >= 4 is 0 Å². The maximum atomic E-state index is 5.76. The zero-order valence-corrected chi connectivity index (χ0v) is 11.6. The Kier molecular flexibility index (Phi) is 4.87. The van der Waals surface area contributed by atoms with E-state index in [1.54, 1.807) is 0 Å². The summed E-state index contributed by atoms with van der Waals surface area (Å²) in [5.74, 6) is 2.15. The minimum Gasteiger partial charge on any atom is -0.381 e. The minimum atomic E-state index is 0.579. The summed E-state index contributed by atoms with van der Waals surface area (Å²) in [4.78, 5) is 0. The zero-order valence-electron chi connectivity index (χ0n) is 11.6.